The molecule has 0 saturated heterocycles. The van der Waals surface area contributed by atoms with E-state index in [2.05, 4.69) is 15.3 Å². The third kappa shape index (κ3) is 2.79. The number of hydrogen-bond donors (Lipinski definition) is 1. The molecule has 3 rings (SSSR count). The topological polar surface area (TPSA) is 54.9 Å². The van der Waals surface area contributed by atoms with Crippen molar-refractivity contribution in [1.29, 1.82) is 0 Å². The van der Waals surface area contributed by atoms with Gasteiger partial charge in [-0.25, -0.2) is 9.97 Å². The van der Waals surface area contributed by atoms with Crippen LogP contribution in [-0.4, -0.2) is 19.7 Å². The predicted octanol–water partition coefficient (Wildman–Crippen LogP) is 4.46. The Labute approximate surface area is 139 Å². The lowest BCUT2D eigenvalue weighted by atomic mass is 10.2. The lowest BCUT2D eigenvalue weighted by Crippen LogP contribution is -2.27. The molecule has 8 heteroatoms. The number of alkyl halides is 3. The fourth-order valence-electron chi connectivity index (χ4n) is 1.97. The van der Waals surface area contributed by atoms with E-state index in [1.54, 1.807) is 0 Å². The van der Waals surface area contributed by atoms with Crippen molar-refractivity contribution in [1.82, 2.24) is 9.97 Å². The molecule has 0 aliphatic carbocycles. The van der Waals surface area contributed by atoms with Gasteiger partial charge < -0.3 is 5.32 Å². The molecule has 0 spiro atoms. The van der Waals surface area contributed by atoms with E-state index < -0.39 is 9.70 Å². The van der Waals surface area contributed by atoms with Gasteiger partial charge in [0.05, 0.1) is 15.2 Å². The van der Waals surface area contributed by atoms with E-state index in [0.717, 1.165) is 20.6 Å². The minimum Gasteiger partial charge on any atom is -0.305 e. The van der Waals surface area contributed by atoms with Crippen LogP contribution in [0.15, 0.2) is 24.3 Å². The van der Waals surface area contributed by atoms with Crippen molar-refractivity contribution in [2.24, 2.45) is 0 Å². The average Bonchev–Trinajstić information content (AvgIpc) is 2.80. The van der Waals surface area contributed by atoms with E-state index in [1.165, 1.54) is 11.3 Å². The fraction of sp³-hybridized carbons (Fsp3) is 0.154. The zero-order valence-electron chi connectivity index (χ0n) is 10.7. The number of nitrogens with zero attached hydrogens (tertiary/aromatic N) is 2. The molecule has 108 valence electrons. The largest absolute Gasteiger partial charge is 0.305 e. The average molecular weight is 361 g/mol. The van der Waals surface area contributed by atoms with Gasteiger partial charge in [-0.3, -0.25) is 4.79 Å². The summed E-state index contributed by atoms with van der Waals surface area (Å²) in [5.74, 6) is -0.466. The van der Waals surface area contributed by atoms with E-state index >= 15 is 0 Å². The van der Waals surface area contributed by atoms with Crippen LogP contribution in [0.1, 0.15) is 5.01 Å². The van der Waals surface area contributed by atoms with Crippen molar-refractivity contribution >= 4 is 79.0 Å². The maximum atomic E-state index is 11.8. The lowest BCUT2D eigenvalue weighted by Gasteiger charge is -2.11. The van der Waals surface area contributed by atoms with Gasteiger partial charge in [0.15, 0.2) is 5.82 Å². The van der Waals surface area contributed by atoms with E-state index in [9.17, 15) is 4.79 Å². The summed E-state index contributed by atoms with van der Waals surface area (Å²) in [6.45, 7) is 1.89. The Balaban J connectivity index is 2.23. The highest BCUT2D eigenvalue weighted by molar-refractivity contribution is 7.19. The zero-order valence-corrected chi connectivity index (χ0v) is 13.7. The smallest absolute Gasteiger partial charge is 0.277 e. The van der Waals surface area contributed by atoms with Crippen LogP contribution in [0.2, 0.25) is 0 Å². The Morgan fingerprint density at radius 3 is 2.67 bits per heavy atom. The number of benzene rings is 1. The van der Waals surface area contributed by atoms with Crippen LogP contribution in [-0.2, 0) is 4.79 Å². The summed E-state index contributed by atoms with van der Waals surface area (Å²) in [7, 11) is 0. The number of fused-ring (bicyclic) bond motifs is 3. The molecule has 0 aliphatic heterocycles. The molecule has 0 bridgehead atoms. The Morgan fingerprint density at radius 2 is 1.95 bits per heavy atom. The number of rotatable bonds is 1. The summed E-state index contributed by atoms with van der Waals surface area (Å²) in [5, 5.41) is 4.37. The van der Waals surface area contributed by atoms with Crippen LogP contribution < -0.4 is 5.32 Å². The standard InChI is InChI=1S/C13H8Cl3N3OS/c1-6-17-9-10(21-6)7-4-2-3-5-8(7)18-11(9)19-12(20)13(14,15)16/h2-5H,1H3,(H,18,19,20). The molecule has 2 aromatic heterocycles. The van der Waals surface area contributed by atoms with E-state index in [1.807, 2.05) is 31.2 Å². The minimum atomic E-state index is -2.05. The number of thiazole rings is 1. The molecule has 0 fully saturated rings. The third-order valence-electron chi connectivity index (χ3n) is 2.83. The lowest BCUT2D eigenvalue weighted by molar-refractivity contribution is -0.115. The summed E-state index contributed by atoms with van der Waals surface area (Å²) >= 11 is 18.3. The molecular weight excluding hydrogens is 353 g/mol. The van der Waals surface area contributed by atoms with Crippen LogP contribution in [0.5, 0.6) is 0 Å². The van der Waals surface area contributed by atoms with Gasteiger partial charge in [0.2, 0.25) is 0 Å². The van der Waals surface area contributed by atoms with Gasteiger partial charge in [-0.1, -0.05) is 53.0 Å². The summed E-state index contributed by atoms with van der Waals surface area (Å²) in [4.78, 5) is 20.7. The van der Waals surface area contributed by atoms with Crippen molar-refractivity contribution in [2.45, 2.75) is 10.7 Å². The monoisotopic (exact) mass is 359 g/mol. The number of hydrogen-bond acceptors (Lipinski definition) is 4. The second-order valence-corrected chi connectivity index (χ2v) is 7.82. The number of pyridine rings is 1. The van der Waals surface area contributed by atoms with Crippen molar-refractivity contribution in [2.75, 3.05) is 5.32 Å². The molecule has 4 nitrogen and oxygen atoms in total. The van der Waals surface area contributed by atoms with Crippen molar-refractivity contribution in [3.8, 4) is 0 Å². The summed E-state index contributed by atoms with van der Waals surface area (Å²) in [6.07, 6.45) is 0. The number of aryl methyl sites for hydroxylation is 1. The van der Waals surface area contributed by atoms with Gasteiger partial charge in [-0.05, 0) is 13.0 Å². The van der Waals surface area contributed by atoms with Crippen LogP contribution in [0.3, 0.4) is 0 Å². The normalized spacial score (nSPS) is 12.0. The fourth-order valence-corrected chi connectivity index (χ4v) is 3.07. The summed E-state index contributed by atoms with van der Waals surface area (Å²) in [6, 6.07) is 7.62. The maximum Gasteiger partial charge on any atom is 0.277 e. The molecule has 1 amide bonds. The zero-order chi connectivity index (χ0) is 15.2. The second kappa shape index (κ2) is 5.25. The molecule has 0 aliphatic rings. The highest BCUT2D eigenvalue weighted by Gasteiger charge is 2.31. The predicted molar refractivity (Wildman–Crippen MR) is 88.6 cm³/mol. The number of para-hydroxylation sites is 1. The SMILES string of the molecule is Cc1nc2c(NC(=O)C(Cl)(Cl)Cl)nc3ccccc3c2s1. The molecule has 0 atom stereocenters. The second-order valence-electron chi connectivity index (χ2n) is 4.34. The molecule has 1 N–H and O–H groups in total. The van der Waals surface area contributed by atoms with Gasteiger partial charge in [-0.2, -0.15) is 0 Å². The number of carbonyl (C=O) groups is 1. The molecule has 1 aromatic carbocycles. The summed E-state index contributed by atoms with van der Waals surface area (Å²) in [5.41, 5.74) is 1.34. The van der Waals surface area contributed by atoms with Crippen LogP contribution in [0, 0.1) is 6.92 Å². The van der Waals surface area contributed by atoms with Gasteiger partial charge in [0, 0.05) is 5.39 Å². The highest BCUT2D eigenvalue weighted by atomic mass is 35.6. The molecule has 2 heterocycles. The first-order valence-corrected chi connectivity index (χ1v) is 7.85. The van der Waals surface area contributed by atoms with E-state index in [0.29, 0.717) is 11.3 Å². The van der Waals surface area contributed by atoms with Crippen LogP contribution in [0.25, 0.3) is 21.1 Å². The van der Waals surface area contributed by atoms with Gasteiger partial charge in [0.25, 0.3) is 9.70 Å². The Hall–Kier alpha value is -1.14. The number of aromatic nitrogens is 2. The highest BCUT2D eigenvalue weighted by Crippen LogP contribution is 2.34. The Bertz CT molecular complexity index is 857. The van der Waals surface area contributed by atoms with E-state index in [-0.39, 0.29) is 0 Å². The first-order chi connectivity index (χ1) is 9.86. The maximum absolute atomic E-state index is 11.8. The van der Waals surface area contributed by atoms with Crippen molar-refractivity contribution < 1.29 is 4.79 Å². The number of nitrogens with one attached hydrogen (secondary N) is 1. The number of amides is 1. The Kier molecular flexibility index (Phi) is 3.69. The quantitative estimate of drug-likeness (QED) is 0.652. The molecule has 21 heavy (non-hydrogen) atoms. The van der Waals surface area contributed by atoms with Gasteiger partial charge >= 0.3 is 0 Å². The number of halogens is 3. The Morgan fingerprint density at radius 1 is 1.24 bits per heavy atom. The van der Waals surface area contributed by atoms with Crippen LogP contribution in [0.4, 0.5) is 5.82 Å². The minimum absolute atomic E-state index is 0.296. The molecule has 0 radical (unpaired) electrons. The van der Waals surface area contributed by atoms with Gasteiger partial charge in [-0.15, -0.1) is 11.3 Å². The molecular formula is C13H8Cl3N3OS. The third-order valence-corrected chi connectivity index (χ3v) is 4.35. The first kappa shape index (κ1) is 14.8. The van der Waals surface area contributed by atoms with Crippen molar-refractivity contribution in [3.05, 3.63) is 29.3 Å². The molecule has 0 unspecified atom stereocenters. The van der Waals surface area contributed by atoms with Crippen molar-refractivity contribution in [3.63, 3.8) is 0 Å². The van der Waals surface area contributed by atoms with Crippen LogP contribution >= 0.6 is 46.1 Å². The van der Waals surface area contributed by atoms with Gasteiger partial charge in [0.1, 0.15) is 5.52 Å². The van der Waals surface area contributed by atoms with E-state index in [4.69, 9.17) is 34.8 Å². The number of carbonyl (C=O) groups excluding carboxylic acids is 1. The first-order valence-electron chi connectivity index (χ1n) is 5.90. The molecule has 0 saturated carbocycles. The number of anilines is 1. The summed E-state index contributed by atoms with van der Waals surface area (Å²) < 4.78 is -1.11. The molecule has 3 aromatic rings.